The van der Waals surface area contributed by atoms with Gasteiger partial charge in [0.05, 0.1) is 0 Å². The van der Waals surface area contributed by atoms with Crippen LogP contribution in [0.15, 0.2) is 24.4 Å². The van der Waals surface area contributed by atoms with Crippen molar-refractivity contribution in [2.75, 3.05) is 64.3 Å². The third-order valence-corrected chi connectivity index (χ3v) is 5.98. The first-order valence-corrected chi connectivity index (χ1v) is 9.55. The first kappa shape index (κ1) is 16.8. The second kappa shape index (κ2) is 7.30. The summed E-state index contributed by atoms with van der Waals surface area (Å²) in [5.41, 5.74) is 0. The summed E-state index contributed by atoms with van der Waals surface area (Å²) < 4.78 is 0. The maximum absolute atomic E-state index is 11.6. The van der Waals surface area contributed by atoms with Crippen LogP contribution in [0.4, 0.5) is 5.82 Å². The van der Waals surface area contributed by atoms with Gasteiger partial charge in [-0.05, 0) is 24.5 Å². The van der Waals surface area contributed by atoms with Crippen molar-refractivity contribution in [3.05, 3.63) is 24.4 Å². The van der Waals surface area contributed by atoms with Gasteiger partial charge >= 0.3 is 0 Å². The standard InChI is InChI=1S/C19H29N5O/c1-21-12-16(5-6-19(21)25)13-22-14-17(15-22)23-8-10-24(11-9-23)18-4-2-3-7-20-18/h2-4,7,16-17H,5-6,8-15H2,1H3. The molecule has 3 aliphatic heterocycles. The lowest BCUT2D eigenvalue weighted by Crippen LogP contribution is -2.64. The summed E-state index contributed by atoms with van der Waals surface area (Å²) in [6.07, 6.45) is 3.67. The first-order valence-electron chi connectivity index (χ1n) is 9.55. The Hall–Kier alpha value is -1.66. The normalized spacial score (nSPS) is 26.8. The molecule has 3 saturated heterocycles. The lowest BCUT2D eigenvalue weighted by Gasteiger charge is -2.49. The highest BCUT2D eigenvalue weighted by molar-refractivity contribution is 5.76. The molecule has 0 N–H and O–H groups in total. The molecular weight excluding hydrogens is 314 g/mol. The zero-order chi connectivity index (χ0) is 17.2. The highest BCUT2D eigenvalue weighted by Crippen LogP contribution is 2.23. The number of pyridine rings is 1. The molecule has 0 saturated carbocycles. The van der Waals surface area contributed by atoms with Crippen LogP contribution < -0.4 is 4.90 Å². The summed E-state index contributed by atoms with van der Waals surface area (Å²) in [5, 5.41) is 0. The van der Waals surface area contributed by atoms with Crippen LogP contribution in [0.25, 0.3) is 0 Å². The quantitative estimate of drug-likeness (QED) is 0.807. The molecule has 1 unspecified atom stereocenters. The predicted molar refractivity (Wildman–Crippen MR) is 98.6 cm³/mol. The molecule has 1 atom stereocenters. The topological polar surface area (TPSA) is 42.9 Å². The number of carbonyl (C=O) groups is 1. The Bertz CT molecular complexity index is 581. The van der Waals surface area contributed by atoms with Crippen LogP contribution in [0, 0.1) is 5.92 Å². The Kier molecular flexibility index (Phi) is 4.90. The number of piperidine rings is 1. The molecule has 3 fully saturated rings. The average molecular weight is 343 g/mol. The van der Waals surface area contributed by atoms with E-state index in [2.05, 4.69) is 31.8 Å². The molecule has 25 heavy (non-hydrogen) atoms. The summed E-state index contributed by atoms with van der Waals surface area (Å²) in [4.78, 5) is 25.6. The van der Waals surface area contributed by atoms with Crippen molar-refractivity contribution in [2.45, 2.75) is 18.9 Å². The predicted octanol–water partition coefficient (Wildman–Crippen LogP) is 0.756. The Morgan fingerprint density at radius 2 is 1.92 bits per heavy atom. The van der Waals surface area contributed by atoms with Gasteiger partial charge in [-0.15, -0.1) is 0 Å². The highest BCUT2D eigenvalue weighted by Gasteiger charge is 2.35. The van der Waals surface area contributed by atoms with Crippen molar-refractivity contribution < 1.29 is 4.79 Å². The van der Waals surface area contributed by atoms with E-state index in [0.717, 1.165) is 57.9 Å². The molecule has 1 aromatic heterocycles. The third-order valence-electron chi connectivity index (χ3n) is 5.98. The number of nitrogens with zero attached hydrogens (tertiary/aromatic N) is 5. The van der Waals surface area contributed by atoms with E-state index in [1.165, 1.54) is 13.1 Å². The van der Waals surface area contributed by atoms with E-state index >= 15 is 0 Å². The molecule has 4 heterocycles. The number of hydrogen-bond donors (Lipinski definition) is 0. The number of anilines is 1. The lowest BCUT2D eigenvalue weighted by atomic mass is 9.95. The van der Waals surface area contributed by atoms with Crippen molar-refractivity contribution >= 4 is 11.7 Å². The molecule has 1 amide bonds. The Labute approximate surface area is 150 Å². The van der Waals surface area contributed by atoms with Crippen molar-refractivity contribution in [3.8, 4) is 0 Å². The number of piperazine rings is 1. The minimum atomic E-state index is 0.309. The molecule has 136 valence electrons. The van der Waals surface area contributed by atoms with Crippen LogP contribution in [0.3, 0.4) is 0 Å². The van der Waals surface area contributed by atoms with Gasteiger partial charge in [0.2, 0.25) is 5.91 Å². The van der Waals surface area contributed by atoms with E-state index < -0.39 is 0 Å². The largest absolute Gasteiger partial charge is 0.354 e. The van der Waals surface area contributed by atoms with Crippen LogP contribution in [-0.2, 0) is 4.79 Å². The van der Waals surface area contributed by atoms with Gasteiger partial charge in [0, 0.05) is 78.1 Å². The summed E-state index contributed by atoms with van der Waals surface area (Å²) in [6.45, 7) is 8.89. The first-order chi connectivity index (χ1) is 12.2. The molecule has 0 radical (unpaired) electrons. The van der Waals surface area contributed by atoms with Crippen molar-refractivity contribution in [1.29, 1.82) is 0 Å². The Morgan fingerprint density at radius 1 is 1.12 bits per heavy atom. The van der Waals surface area contributed by atoms with E-state index in [4.69, 9.17) is 0 Å². The van der Waals surface area contributed by atoms with Crippen molar-refractivity contribution in [1.82, 2.24) is 19.7 Å². The third kappa shape index (κ3) is 3.80. The van der Waals surface area contributed by atoms with E-state index in [1.807, 2.05) is 24.2 Å². The molecule has 1 aromatic rings. The molecular formula is C19H29N5O. The maximum Gasteiger partial charge on any atom is 0.222 e. The summed E-state index contributed by atoms with van der Waals surface area (Å²) in [7, 11) is 1.94. The van der Waals surface area contributed by atoms with Gasteiger partial charge in [-0.25, -0.2) is 4.98 Å². The fourth-order valence-corrected chi connectivity index (χ4v) is 4.39. The number of aromatic nitrogens is 1. The average Bonchev–Trinajstić information content (AvgIpc) is 2.62. The molecule has 3 aliphatic rings. The number of hydrogen-bond acceptors (Lipinski definition) is 5. The smallest absolute Gasteiger partial charge is 0.222 e. The molecule has 4 rings (SSSR count). The Morgan fingerprint density at radius 3 is 2.60 bits per heavy atom. The maximum atomic E-state index is 11.6. The minimum absolute atomic E-state index is 0.309. The lowest BCUT2D eigenvalue weighted by molar-refractivity contribution is -0.133. The van der Waals surface area contributed by atoms with E-state index in [9.17, 15) is 4.79 Å². The van der Waals surface area contributed by atoms with E-state index in [0.29, 0.717) is 17.9 Å². The van der Waals surface area contributed by atoms with Crippen molar-refractivity contribution in [2.24, 2.45) is 5.92 Å². The molecule has 0 aromatic carbocycles. The number of amides is 1. The van der Waals surface area contributed by atoms with Gasteiger partial charge in [-0.1, -0.05) is 6.07 Å². The van der Waals surface area contributed by atoms with Crippen LogP contribution in [0.2, 0.25) is 0 Å². The molecule has 0 aliphatic carbocycles. The molecule has 6 nitrogen and oxygen atoms in total. The SMILES string of the molecule is CN1CC(CN2CC(N3CCN(c4ccccn4)CC3)C2)CCC1=O. The fraction of sp³-hybridized carbons (Fsp3) is 0.684. The van der Waals surface area contributed by atoms with E-state index in [1.54, 1.807) is 0 Å². The van der Waals surface area contributed by atoms with Gasteiger partial charge < -0.3 is 9.80 Å². The summed E-state index contributed by atoms with van der Waals surface area (Å²) in [6, 6.07) is 6.86. The van der Waals surface area contributed by atoms with Crippen LogP contribution in [-0.4, -0.2) is 91.0 Å². The summed E-state index contributed by atoms with van der Waals surface area (Å²) in [5.74, 6) is 2.07. The zero-order valence-corrected chi connectivity index (χ0v) is 15.2. The molecule has 6 heteroatoms. The number of likely N-dealkylation sites (tertiary alicyclic amines) is 2. The van der Waals surface area contributed by atoms with E-state index in [-0.39, 0.29) is 0 Å². The van der Waals surface area contributed by atoms with Gasteiger partial charge in [0.1, 0.15) is 5.82 Å². The Balaban J connectivity index is 1.18. The second-order valence-corrected chi connectivity index (χ2v) is 7.76. The van der Waals surface area contributed by atoms with Crippen LogP contribution >= 0.6 is 0 Å². The zero-order valence-electron chi connectivity index (χ0n) is 15.2. The van der Waals surface area contributed by atoms with Gasteiger partial charge in [0.25, 0.3) is 0 Å². The summed E-state index contributed by atoms with van der Waals surface area (Å²) >= 11 is 0. The minimum Gasteiger partial charge on any atom is -0.354 e. The van der Waals surface area contributed by atoms with Crippen molar-refractivity contribution in [3.63, 3.8) is 0 Å². The van der Waals surface area contributed by atoms with Crippen LogP contribution in [0.5, 0.6) is 0 Å². The molecule has 0 bridgehead atoms. The second-order valence-electron chi connectivity index (χ2n) is 7.76. The van der Waals surface area contributed by atoms with Gasteiger partial charge in [-0.2, -0.15) is 0 Å². The van der Waals surface area contributed by atoms with Gasteiger partial charge in [0.15, 0.2) is 0 Å². The monoisotopic (exact) mass is 343 g/mol. The van der Waals surface area contributed by atoms with Crippen LogP contribution in [0.1, 0.15) is 12.8 Å². The van der Waals surface area contributed by atoms with Gasteiger partial charge in [-0.3, -0.25) is 14.6 Å². The molecule has 0 spiro atoms. The highest BCUT2D eigenvalue weighted by atomic mass is 16.2. The number of carbonyl (C=O) groups excluding carboxylic acids is 1. The number of rotatable bonds is 4. The fourth-order valence-electron chi connectivity index (χ4n) is 4.39.